The van der Waals surface area contributed by atoms with Crippen LogP contribution >= 0.6 is 0 Å². The molecule has 1 aliphatic rings. The van der Waals surface area contributed by atoms with Gasteiger partial charge in [-0.1, -0.05) is 48.8 Å². The lowest BCUT2D eigenvalue weighted by molar-refractivity contribution is 0.0747. The van der Waals surface area contributed by atoms with Crippen LogP contribution in [0.2, 0.25) is 0 Å². The van der Waals surface area contributed by atoms with Gasteiger partial charge < -0.3 is 9.42 Å². The largest absolute Gasteiger partial charge is 0.336 e. The number of benzene rings is 1. The fourth-order valence-electron chi connectivity index (χ4n) is 4.13. The molecule has 0 aliphatic carbocycles. The number of nitrogens with zero attached hydrogens (tertiary/aromatic N) is 3. The average Bonchev–Trinajstić information content (AvgIpc) is 3.24. The number of hydrogen-bond acceptors (Lipinski definition) is 4. The molecule has 1 aliphatic heterocycles. The summed E-state index contributed by atoms with van der Waals surface area (Å²) in [5.74, 6) is 0.616. The van der Waals surface area contributed by atoms with Gasteiger partial charge in [-0.2, -0.15) is 0 Å². The van der Waals surface area contributed by atoms with Gasteiger partial charge >= 0.3 is 0 Å². The summed E-state index contributed by atoms with van der Waals surface area (Å²) in [6.07, 6.45) is 0.975. The molecule has 2 aromatic heterocycles. The number of carbonyl (C=O) groups is 1. The van der Waals surface area contributed by atoms with E-state index < -0.39 is 0 Å². The van der Waals surface area contributed by atoms with Gasteiger partial charge in [0.2, 0.25) is 0 Å². The van der Waals surface area contributed by atoms with Gasteiger partial charge in [0.25, 0.3) is 11.6 Å². The number of pyridine rings is 1. The second kappa shape index (κ2) is 7.04. The van der Waals surface area contributed by atoms with E-state index in [1.807, 2.05) is 17.9 Å². The van der Waals surface area contributed by atoms with Crippen LogP contribution in [0.3, 0.4) is 0 Å². The normalized spacial score (nSPS) is 19.7. The van der Waals surface area contributed by atoms with E-state index in [1.54, 1.807) is 0 Å². The minimum Gasteiger partial charge on any atom is -0.336 e. The van der Waals surface area contributed by atoms with E-state index in [2.05, 4.69) is 62.1 Å². The van der Waals surface area contributed by atoms with Gasteiger partial charge in [-0.05, 0) is 44.7 Å². The molecular formula is C23H27N3O2. The molecule has 5 heteroatoms. The highest BCUT2D eigenvalue weighted by atomic mass is 16.5. The lowest BCUT2D eigenvalue weighted by Crippen LogP contribution is -2.34. The van der Waals surface area contributed by atoms with Crippen molar-refractivity contribution in [2.45, 2.75) is 58.9 Å². The first-order valence-corrected chi connectivity index (χ1v) is 9.99. The van der Waals surface area contributed by atoms with Crippen LogP contribution in [0.4, 0.5) is 0 Å². The summed E-state index contributed by atoms with van der Waals surface area (Å²) in [7, 11) is 0. The van der Waals surface area contributed by atoms with Crippen molar-refractivity contribution in [2.24, 2.45) is 0 Å². The standard InChI is InChI=1S/C23H27N3O2/c1-13(2)20-11-19(21-16(5)25-28-22(21)24-20)23(27)26-12-18(10-15(26)4)17-8-6-14(3)7-9-17/h6-9,11,13,15,18H,10,12H2,1-5H3/t15-,18+/m0/s1. The Morgan fingerprint density at radius 2 is 1.93 bits per heavy atom. The summed E-state index contributed by atoms with van der Waals surface area (Å²) < 4.78 is 5.39. The van der Waals surface area contributed by atoms with Gasteiger partial charge in [0.15, 0.2) is 0 Å². The van der Waals surface area contributed by atoms with Gasteiger partial charge in [-0.15, -0.1) is 0 Å². The maximum absolute atomic E-state index is 13.6. The molecule has 0 bridgehead atoms. The van der Waals surface area contributed by atoms with Crippen LogP contribution in [0.5, 0.6) is 0 Å². The molecule has 2 atom stereocenters. The van der Waals surface area contributed by atoms with Crippen molar-refractivity contribution in [1.82, 2.24) is 15.0 Å². The van der Waals surface area contributed by atoms with Crippen LogP contribution in [0.25, 0.3) is 11.1 Å². The lowest BCUT2D eigenvalue weighted by Gasteiger charge is -2.22. The molecule has 146 valence electrons. The van der Waals surface area contributed by atoms with Gasteiger partial charge in [0.05, 0.1) is 16.6 Å². The number of carbonyl (C=O) groups excluding carboxylic acids is 1. The molecule has 28 heavy (non-hydrogen) atoms. The number of aromatic nitrogens is 2. The molecule has 0 spiro atoms. The Balaban J connectivity index is 1.69. The van der Waals surface area contributed by atoms with Gasteiger partial charge in [0.1, 0.15) is 0 Å². The molecule has 1 fully saturated rings. The molecule has 1 aromatic carbocycles. The minimum absolute atomic E-state index is 0.0442. The van der Waals surface area contributed by atoms with E-state index >= 15 is 0 Å². The number of hydrogen-bond donors (Lipinski definition) is 0. The van der Waals surface area contributed by atoms with E-state index in [1.165, 1.54) is 11.1 Å². The van der Waals surface area contributed by atoms with Gasteiger partial charge in [-0.3, -0.25) is 4.79 Å². The molecular weight excluding hydrogens is 350 g/mol. The van der Waals surface area contributed by atoms with Crippen LogP contribution in [-0.2, 0) is 0 Å². The van der Waals surface area contributed by atoms with Crippen LogP contribution in [-0.4, -0.2) is 33.5 Å². The molecule has 3 aromatic rings. The molecule has 0 saturated carbocycles. The highest BCUT2D eigenvalue weighted by molar-refractivity contribution is 6.06. The molecule has 1 saturated heterocycles. The summed E-state index contributed by atoms with van der Waals surface area (Å²) in [5.41, 5.74) is 5.23. The monoisotopic (exact) mass is 377 g/mol. The quantitative estimate of drug-likeness (QED) is 0.646. The highest BCUT2D eigenvalue weighted by Gasteiger charge is 2.35. The first kappa shape index (κ1) is 18.7. The molecule has 0 N–H and O–H groups in total. The number of likely N-dealkylation sites (tertiary alicyclic amines) is 1. The van der Waals surface area contributed by atoms with Crippen LogP contribution in [0, 0.1) is 13.8 Å². The maximum Gasteiger partial charge on any atom is 0.259 e. The lowest BCUT2D eigenvalue weighted by atomic mass is 9.96. The van der Waals surface area contributed by atoms with Crippen molar-refractivity contribution in [1.29, 1.82) is 0 Å². The third kappa shape index (κ3) is 3.19. The predicted molar refractivity (Wildman–Crippen MR) is 110 cm³/mol. The fraction of sp³-hybridized carbons (Fsp3) is 0.435. The smallest absolute Gasteiger partial charge is 0.259 e. The van der Waals surface area contributed by atoms with E-state index in [4.69, 9.17) is 4.52 Å². The van der Waals surface area contributed by atoms with E-state index in [-0.39, 0.29) is 17.9 Å². The van der Waals surface area contributed by atoms with Crippen molar-refractivity contribution in [3.8, 4) is 0 Å². The molecule has 4 rings (SSSR count). The first-order valence-electron chi connectivity index (χ1n) is 9.99. The zero-order chi connectivity index (χ0) is 20.0. The molecule has 0 unspecified atom stereocenters. The van der Waals surface area contributed by atoms with E-state index in [9.17, 15) is 4.79 Å². The third-order valence-electron chi connectivity index (χ3n) is 5.84. The maximum atomic E-state index is 13.6. The van der Waals surface area contributed by atoms with Crippen molar-refractivity contribution in [3.05, 3.63) is 58.4 Å². The molecule has 5 nitrogen and oxygen atoms in total. The molecule has 3 heterocycles. The zero-order valence-electron chi connectivity index (χ0n) is 17.2. The Morgan fingerprint density at radius 3 is 2.61 bits per heavy atom. The Kier molecular flexibility index (Phi) is 4.69. The Labute approximate surface area is 165 Å². The van der Waals surface area contributed by atoms with Gasteiger partial charge in [0, 0.05) is 24.2 Å². The fourth-order valence-corrected chi connectivity index (χ4v) is 4.13. The number of amides is 1. The van der Waals surface area contributed by atoms with Crippen molar-refractivity contribution < 1.29 is 9.32 Å². The summed E-state index contributed by atoms with van der Waals surface area (Å²) in [6.45, 7) is 11.0. The summed E-state index contributed by atoms with van der Waals surface area (Å²) in [4.78, 5) is 20.1. The molecule has 0 radical (unpaired) electrons. The number of fused-ring (bicyclic) bond motifs is 1. The predicted octanol–water partition coefficient (Wildman–Crippen LogP) is 4.98. The summed E-state index contributed by atoms with van der Waals surface area (Å²) >= 11 is 0. The van der Waals surface area contributed by atoms with Gasteiger partial charge in [-0.25, -0.2) is 4.98 Å². The Hall–Kier alpha value is -2.69. The summed E-state index contributed by atoms with van der Waals surface area (Å²) in [5, 5.41) is 4.78. The van der Waals surface area contributed by atoms with E-state index in [0.29, 0.717) is 22.9 Å². The Bertz CT molecular complexity index is 1020. The molecule has 1 amide bonds. The van der Waals surface area contributed by atoms with Crippen molar-refractivity contribution >= 4 is 17.0 Å². The second-order valence-corrected chi connectivity index (χ2v) is 8.35. The van der Waals surface area contributed by atoms with Crippen LogP contribution in [0.15, 0.2) is 34.9 Å². The highest BCUT2D eigenvalue weighted by Crippen LogP contribution is 2.34. The topological polar surface area (TPSA) is 59.2 Å². The second-order valence-electron chi connectivity index (χ2n) is 8.35. The van der Waals surface area contributed by atoms with Crippen LogP contribution in [0.1, 0.15) is 71.9 Å². The number of aryl methyl sites for hydroxylation is 2. The SMILES string of the molecule is Cc1ccc([C@@H]2C[C@H](C)N(C(=O)c3cc(C(C)C)nc4onc(C)c34)C2)cc1. The van der Waals surface area contributed by atoms with Crippen molar-refractivity contribution in [2.75, 3.05) is 6.54 Å². The zero-order valence-corrected chi connectivity index (χ0v) is 17.2. The van der Waals surface area contributed by atoms with Crippen LogP contribution < -0.4 is 0 Å². The van der Waals surface area contributed by atoms with E-state index in [0.717, 1.165) is 24.0 Å². The number of rotatable bonds is 3. The Morgan fingerprint density at radius 1 is 1.21 bits per heavy atom. The summed E-state index contributed by atoms with van der Waals surface area (Å²) in [6, 6.07) is 10.8. The average molecular weight is 377 g/mol. The third-order valence-corrected chi connectivity index (χ3v) is 5.84. The first-order chi connectivity index (χ1) is 13.3. The van der Waals surface area contributed by atoms with Crippen molar-refractivity contribution in [3.63, 3.8) is 0 Å². The minimum atomic E-state index is 0.0442.